The Morgan fingerprint density at radius 1 is 1.47 bits per heavy atom. The number of carboxylic acids is 1. The molecular formula is C10H11BrO3S. The third-order valence-corrected chi connectivity index (χ3v) is 3.57. The molecule has 0 radical (unpaired) electrons. The molecule has 3 nitrogen and oxygen atoms in total. The third-order valence-electron chi connectivity index (χ3n) is 1.76. The van der Waals surface area contributed by atoms with Crippen LogP contribution in [-0.2, 0) is 21.3 Å². The molecule has 0 bridgehead atoms. The van der Waals surface area contributed by atoms with Gasteiger partial charge >= 0.3 is 5.97 Å². The Balaban J connectivity index is 2.48. The van der Waals surface area contributed by atoms with Gasteiger partial charge in [-0.1, -0.05) is 28.1 Å². The number of hydrogen-bond donors (Lipinski definition) is 1. The molecule has 1 rings (SSSR count). The molecule has 0 saturated heterocycles. The van der Waals surface area contributed by atoms with Gasteiger partial charge in [-0.25, -0.2) is 0 Å². The molecule has 15 heavy (non-hydrogen) atoms. The second kappa shape index (κ2) is 6.02. The zero-order chi connectivity index (χ0) is 11.3. The maximum atomic E-state index is 11.5. The second-order valence-electron chi connectivity index (χ2n) is 3.06. The Morgan fingerprint density at radius 2 is 2.20 bits per heavy atom. The fourth-order valence-electron chi connectivity index (χ4n) is 1.09. The topological polar surface area (TPSA) is 54.4 Å². The highest BCUT2D eigenvalue weighted by atomic mass is 79.9. The van der Waals surface area contributed by atoms with E-state index in [1.807, 2.05) is 24.3 Å². The Kier molecular flexibility index (Phi) is 4.98. The lowest BCUT2D eigenvalue weighted by Crippen LogP contribution is -2.06. The van der Waals surface area contributed by atoms with Crippen LogP contribution in [0.4, 0.5) is 0 Å². The smallest absolute Gasteiger partial charge is 0.304 e. The molecule has 82 valence electrons. The van der Waals surface area contributed by atoms with Crippen LogP contribution in [0.25, 0.3) is 0 Å². The molecule has 0 amide bonds. The van der Waals surface area contributed by atoms with Crippen molar-refractivity contribution >= 4 is 32.7 Å². The van der Waals surface area contributed by atoms with Crippen LogP contribution in [0.15, 0.2) is 28.7 Å². The summed E-state index contributed by atoms with van der Waals surface area (Å²) in [4.78, 5) is 10.3. The lowest BCUT2D eigenvalue weighted by atomic mass is 10.2. The van der Waals surface area contributed by atoms with Crippen LogP contribution in [-0.4, -0.2) is 21.0 Å². The molecule has 0 aliphatic carbocycles. The molecule has 0 aliphatic heterocycles. The van der Waals surface area contributed by atoms with Gasteiger partial charge in [-0.3, -0.25) is 9.00 Å². The molecule has 0 saturated carbocycles. The van der Waals surface area contributed by atoms with Crippen LogP contribution in [0.5, 0.6) is 0 Å². The SMILES string of the molecule is O=C(O)CCS(=O)Cc1cccc(Br)c1. The first-order valence-electron chi connectivity index (χ1n) is 4.39. The van der Waals surface area contributed by atoms with E-state index >= 15 is 0 Å². The molecule has 0 heterocycles. The van der Waals surface area contributed by atoms with E-state index in [0.717, 1.165) is 10.0 Å². The van der Waals surface area contributed by atoms with Crippen LogP contribution in [0.2, 0.25) is 0 Å². The standard InChI is InChI=1S/C10H11BrO3S/c11-9-3-1-2-8(6-9)7-15(14)5-4-10(12)13/h1-3,6H,4-5,7H2,(H,12,13). The quantitative estimate of drug-likeness (QED) is 0.904. The highest BCUT2D eigenvalue weighted by molar-refractivity contribution is 9.10. The molecule has 0 fully saturated rings. The number of carbonyl (C=O) groups is 1. The van der Waals surface area contributed by atoms with Crippen molar-refractivity contribution in [2.45, 2.75) is 12.2 Å². The summed E-state index contributed by atoms with van der Waals surface area (Å²) in [5, 5.41) is 8.43. The van der Waals surface area contributed by atoms with Crippen molar-refractivity contribution < 1.29 is 14.1 Å². The predicted molar refractivity (Wildman–Crippen MR) is 63.1 cm³/mol. The van der Waals surface area contributed by atoms with Gasteiger partial charge in [0.05, 0.1) is 6.42 Å². The Hall–Kier alpha value is -0.680. The van der Waals surface area contributed by atoms with Gasteiger partial charge < -0.3 is 5.11 Å². The van der Waals surface area contributed by atoms with E-state index in [1.165, 1.54) is 0 Å². The van der Waals surface area contributed by atoms with Crippen molar-refractivity contribution in [1.82, 2.24) is 0 Å². The summed E-state index contributed by atoms with van der Waals surface area (Å²) in [5.74, 6) is -0.285. The molecule has 0 aromatic heterocycles. The minimum absolute atomic E-state index is 0.0411. The van der Waals surface area contributed by atoms with E-state index in [2.05, 4.69) is 15.9 Å². The highest BCUT2D eigenvalue weighted by Gasteiger charge is 2.05. The summed E-state index contributed by atoms with van der Waals surface area (Å²) >= 11 is 3.32. The number of rotatable bonds is 5. The van der Waals surface area contributed by atoms with Gasteiger partial charge in [-0.05, 0) is 17.7 Å². The first-order chi connectivity index (χ1) is 7.08. The fourth-order valence-corrected chi connectivity index (χ4v) is 2.63. The van der Waals surface area contributed by atoms with E-state index in [-0.39, 0.29) is 12.2 Å². The van der Waals surface area contributed by atoms with Gasteiger partial charge in [0.1, 0.15) is 0 Å². The molecular weight excluding hydrogens is 280 g/mol. The third kappa shape index (κ3) is 5.09. The van der Waals surface area contributed by atoms with Crippen molar-refractivity contribution in [1.29, 1.82) is 0 Å². The summed E-state index contributed by atoms with van der Waals surface area (Å²) in [7, 11) is -1.10. The minimum Gasteiger partial charge on any atom is -0.481 e. The lowest BCUT2D eigenvalue weighted by molar-refractivity contribution is -0.136. The Bertz CT molecular complexity index is 379. The summed E-state index contributed by atoms with van der Waals surface area (Å²) < 4.78 is 12.4. The molecule has 0 aliphatic rings. The van der Waals surface area contributed by atoms with Crippen molar-refractivity contribution in [3.63, 3.8) is 0 Å². The number of carboxylic acid groups (broad SMARTS) is 1. The largest absolute Gasteiger partial charge is 0.481 e. The number of halogens is 1. The first kappa shape index (κ1) is 12.4. The Morgan fingerprint density at radius 3 is 2.80 bits per heavy atom. The maximum absolute atomic E-state index is 11.5. The first-order valence-corrected chi connectivity index (χ1v) is 6.67. The van der Waals surface area contributed by atoms with Gasteiger partial charge in [0.2, 0.25) is 0 Å². The van der Waals surface area contributed by atoms with Gasteiger partial charge in [-0.15, -0.1) is 0 Å². The molecule has 1 N–H and O–H groups in total. The molecule has 1 aromatic carbocycles. The van der Waals surface area contributed by atoms with Crippen molar-refractivity contribution in [2.24, 2.45) is 0 Å². The van der Waals surface area contributed by atoms with Crippen LogP contribution < -0.4 is 0 Å². The zero-order valence-corrected chi connectivity index (χ0v) is 10.4. The Labute approximate surface area is 99.1 Å². The van der Waals surface area contributed by atoms with Crippen LogP contribution in [0.1, 0.15) is 12.0 Å². The molecule has 1 atom stereocenters. The van der Waals surface area contributed by atoms with Crippen LogP contribution >= 0.6 is 15.9 Å². The van der Waals surface area contributed by atoms with E-state index in [0.29, 0.717) is 5.75 Å². The summed E-state index contributed by atoms with van der Waals surface area (Å²) in [5.41, 5.74) is 0.952. The molecule has 0 spiro atoms. The molecule has 1 unspecified atom stereocenters. The average Bonchev–Trinajstić information content (AvgIpc) is 2.15. The fraction of sp³-hybridized carbons (Fsp3) is 0.300. The van der Waals surface area contributed by atoms with Crippen molar-refractivity contribution in [3.8, 4) is 0 Å². The van der Waals surface area contributed by atoms with Gasteiger partial charge in [-0.2, -0.15) is 0 Å². The molecule has 1 aromatic rings. The van der Waals surface area contributed by atoms with E-state index < -0.39 is 16.8 Å². The van der Waals surface area contributed by atoms with Crippen molar-refractivity contribution in [2.75, 3.05) is 5.75 Å². The predicted octanol–water partition coefficient (Wildman–Crippen LogP) is 2.17. The van der Waals surface area contributed by atoms with Gasteiger partial charge in [0.15, 0.2) is 0 Å². The molecule has 5 heteroatoms. The second-order valence-corrected chi connectivity index (χ2v) is 5.55. The van der Waals surface area contributed by atoms with Crippen LogP contribution in [0, 0.1) is 0 Å². The number of benzene rings is 1. The maximum Gasteiger partial charge on any atom is 0.304 e. The number of hydrogen-bond acceptors (Lipinski definition) is 2. The van der Waals surface area contributed by atoms with E-state index in [1.54, 1.807) is 0 Å². The van der Waals surface area contributed by atoms with E-state index in [9.17, 15) is 9.00 Å². The van der Waals surface area contributed by atoms with Gasteiger partial charge in [0.25, 0.3) is 0 Å². The average molecular weight is 291 g/mol. The van der Waals surface area contributed by atoms with E-state index in [4.69, 9.17) is 5.11 Å². The minimum atomic E-state index is -1.10. The summed E-state index contributed by atoms with van der Waals surface area (Å²) in [6, 6.07) is 7.53. The normalized spacial score (nSPS) is 12.3. The lowest BCUT2D eigenvalue weighted by Gasteiger charge is -2.01. The van der Waals surface area contributed by atoms with Crippen molar-refractivity contribution in [3.05, 3.63) is 34.3 Å². The zero-order valence-electron chi connectivity index (χ0n) is 7.98. The monoisotopic (exact) mass is 290 g/mol. The summed E-state index contributed by atoms with van der Waals surface area (Å²) in [6.45, 7) is 0. The van der Waals surface area contributed by atoms with Crippen LogP contribution in [0.3, 0.4) is 0 Å². The summed E-state index contributed by atoms with van der Waals surface area (Å²) in [6.07, 6.45) is -0.0411. The number of aliphatic carboxylic acids is 1. The highest BCUT2D eigenvalue weighted by Crippen LogP contribution is 2.13. The van der Waals surface area contributed by atoms with Gasteiger partial charge in [0, 0.05) is 26.8 Å².